The lowest BCUT2D eigenvalue weighted by atomic mass is 10.1. The van der Waals surface area contributed by atoms with Crippen LogP contribution in [0.15, 0.2) is 11.5 Å². The minimum absolute atomic E-state index is 0.0872. The molecule has 2 aromatic rings. The van der Waals surface area contributed by atoms with Crippen molar-refractivity contribution in [3.63, 3.8) is 0 Å². The van der Waals surface area contributed by atoms with Gasteiger partial charge in [-0.25, -0.2) is 15.0 Å². The first-order valence-electron chi connectivity index (χ1n) is 10.00. The molecule has 3 heterocycles. The smallest absolute Gasteiger partial charge is 0.389 e. The molecule has 3 rings (SSSR count). The van der Waals surface area contributed by atoms with E-state index in [1.54, 1.807) is 11.8 Å². The zero-order valence-corrected chi connectivity index (χ0v) is 20.3. The highest BCUT2D eigenvalue weighted by Crippen LogP contribution is 2.35. The molecule has 4 atom stereocenters. The lowest BCUT2D eigenvalue weighted by molar-refractivity contribution is -0.343. The van der Waals surface area contributed by atoms with E-state index in [-0.39, 0.29) is 16.6 Å². The molecule has 0 aliphatic carbocycles. The van der Waals surface area contributed by atoms with E-state index in [9.17, 15) is 37.7 Å². The van der Waals surface area contributed by atoms with Crippen LogP contribution in [0.3, 0.4) is 0 Å². The third-order valence-corrected chi connectivity index (χ3v) is 6.87. The van der Waals surface area contributed by atoms with Crippen molar-refractivity contribution in [2.24, 2.45) is 0 Å². The number of halogens is 3. The van der Waals surface area contributed by atoms with Crippen molar-refractivity contribution >= 4 is 42.5 Å². The first kappa shape index (κ1) is 27.6. The summed E-state index contributed by atoms with van der Waals surface area (Å²) in [6.45, 7) is -0.806. The molecule has 2 N–H and O–H groups in total. The van der Waals surface area contributed by atoms with Crippen molar-refractivity contribution < 1.29 is 47.0 Å². The van der Waals surface area contributed by atoms with Gasteiger partial charge in [-0.15, -0.1) is 0 Å². The number of imidazole rings is 1. The van der Waals surface area contributed by atoms with E-state index in [1.165, 1.54) is 10.9 Å². The van der Waals surface area contributed by atoms with E-state index in [1.807, 2.05) is 6.26 Å². The van der Waals surface area contributed by atoms with Gasteiger partial charge in [-0.2, -0.15) is 24.9 Å². The summed E-state index contributed by atoms with van der Waals surface area (Å²) in [6, 6.07) is 0. The van der Waals surface area contributed by atoms with Crippen molar-refractivity contribution in [1.29, 1.82) is 0 Å². The summed E-state index contributed by atoms with van der Waals surface area (Å²) < 4.78 is 59.4. The molecular weight excluding hydrogens is 524 g/mol. The van der Waals surface area contributed by atoms with Gasteiger partial charge >= 0.3 is 6.18 Å². The van der Waals surface area contributed by atoms with Crippen LogP contribution >= 0.6 is 31.3 Å². The van der Waals surface area contributed by atoms with Gasteiger partial charge in [-0.05, 0) is 24.9 Å². The molecule has 0 saturated carbocycles. The fourth-order valence-electron chi connectivity index (χ4n) is 3.28. The van der Waals surface area contributed by atoms with Gasteiger partial charge in [-0.1, -0.05) is 11.8 Å². The first-order valence-corrected chi connectivity index (χ1v) is 13.8. The molecule has 0 bridgehead atoms. The third kappa shape index (κ3) is 7.27. The number of aliphatic hydroxyl groups is 2. The normalized spacial score (nSPS) is 23.8. The molecule has 0 amide bonds. The Morgan fingerprint density at radius 2 is 2.00 bits per heavy atom. The van der Waals surface area contributed by atoms with Gasteiger partial charge in [0, 0.05) is 5.75 Å². The Labute approximate surface area is 200 Å². The molecule has 1 aliphatic heterocycles. The molecule has 192 valence electrons. The van der Waals surface area contributed by atoms with E-state index >= 15 is 0 Å². The van der Waals surface area contributed by atoms with Crippen LogP contribution in [0, 0.1) is 0 Å². The highest BCUT2D eigenvalue weighted by molar-refractivity contribution is 7.99. The Kier molecular flexibility index (Phi) is 9.25. The zero-order valence-electron chi connectivity index (χ0n) is 17.8. The largest absolute Gasteiger partial charge is 0.790 e. The molecule has 0 aromatic carbocycles. The number of aliphatic hydroxyl groups excluding tert-OH is 2. The molecule has 17 heteroatoms. The van der Waals surface area contributed by atoms with Gasteiger partial charge in [0.2, 0.25) is 0 Å². The Morgan fingerprint density at radius 3 is 2.65 bits per heavy atom. The maximum absolute atomic E-state index is 12.6. The maximum Gasteiger partial charge on any atom is 0.389 e. The van der Waals surface area contributed by atoms with Crippen LogP contribution in [0.4, 0.5) is 13.2 Å². The quantitative estimate of drug-likeness (QED) is 0.175. The minimum Gasteiger partial charge on any atom is -0.790 e. The third-order valence-electron chi connectivity index (χ3n) is 4.86. The zero-order chi connectivity index (χ0) is 25.1. The molecule has 11 nitrogen and oxygen atoms in total. The summed E-state index contributed by atoms with van der Waals surface area (Å²) in [7, 11) is -5.33. The second kappa shape index (κ2) is 11.4. The number of aryl methyl sites for hydroxylation is 1. The average molecular weight is 546 g/mol. The lowest BCUT2D eigenvalue weighted by Crippen LogP contribution is -2.34. The monoisotopic (exact) mass is 546 g/mol. The van der Waals surface area contributed by atoms with Gasteiger partial charge < -0.3 is 33.8 Å². The van der Waals surface area contributed by atoms with Crippen molar-refractivity contribution in [1.82, 2.24) is 19.5 Å². The Hall–Kier alpha value is -0.970. The van der Waals surface area contributed by atoms with Crippen molar-refractivity contribution in [3.05, 3.63) is 12.0 Å². The highest BCUT2D eigenvalue weighted by atomic mass is 32.2. The first-order chi connectivity index (χ1) is 15.9. The standard InChI is InChI=1S/C17H24F3N4O7PS2/c1-33-5-2-3-9-11-14(23-16(22-9)34-6-4-17(18,19)20)24(8-21-11)15-13(26)12(25)10(31-15)7-30-32(27,28)29/h8,10,12-13,15,25-26H,2-7H2,1H3,(H2,27,28,29)/p-2/t10-,12-,13-,15-/m1/s1. The van der Waals surface area contributed by atoms with Crippen molar-refractivity contribution in [2.75, 3.05) is 24.4 Å². The summed E-state index contributed by atoms with van der Waals surface area (Å²) in [5.74, 6) is 0.531. The number of hydrogen-bond acceptors (Lipinski definition) is 12. The van der Waals surface area contributed by atoms with E-state index in [0.717, 1.165) is 23.9 Å². The molecular formula is C17H22F3N4O7PS2-2. The van der Waals surface area contributed by atoms with E-state index in [2.05, 4.69) is 19.5 Å². The van der Waals surface area contributed by atoms with Gasteiger partial charge in [-0.3, -0.25) is 4.57 Å². The maximum atomic E-state index is 12.6. The van der Waals surface area contributed by atoms with Crippen molar-refractivity contribution in [2.45, 2.75) is 55.1 Å². The van der Waals surface area contributed by atoms with Crippen molar-refractivity contribution in [3.8, 4) is 0 Å². The Bertz CT molecular complexity index is 1020. The van der Waals surface area contributed by atoms with E-state index < -0.39 is 51.6 Å². The van der Waals surface area contributed by atoms with Gasteiger partial charge in [0.25, 0.3) is 0 Å². The van der Waals surface area contributed by atoms with Crippen LogP contribution in [0.2, 0.25) is 0 Å². The van der Waals surface area contributed by atoms with Crippen LogP contribution in [0.25, 0.3) is 11.2 Å². The fourth-order valence-corrected chi connectivity index (χ4v) is 4.89. The Balaban J connectivity index is 1.89. The van der Waals surface area contributed by atoms with Crippen LogP contribution < -0.4 is 9.79 Å². The number of aromatic nitrogens is 4. The average Bonchev–Trinajstić information content (AvgIpc) is 3.27. The lowest BCUT2D eigenvalue weighted by Gasteiger charge is -2.30. The number of phosphoric acid groups is 1. The number of nitrogens with zero attached hydrogens (tertiary/aromatic N) is 4. The number of phosphoric ester groups is 1. The molecule has 34 heavy (non-hydrogen) atoms. The molecule has 1 fully saturated rings. The number of rotatable bonds is 11. The second-order valence-electron chi connectivity index (χ2n) is 7.38. The van der Waals surface area contributed by atoms with E-state index in [0.29, 0.717) is 17.6 Å². The SMILES string of the molecule is CSCCCc1nc(SCCC(F)(F)F)nc2c1ncn2[C@@H]1O[C@H](COP(=O)([O-])[O-])[C@@H](O)[C@H]1O. The van der Waals surface area contributed by atoms with Crippen LogP contribution in [-0.2, 0) is 20.2 Å². The molecule has 0 unspecified atom stereocenters. The highest BCUT2D eigenvalue weighted by Gasteiger charge is 2.44. The predicted octanol–water partition coefficient (Wildman–Crippen LogP) is 0.631. The number of thioether (sulfide) groups is 2. The van der Waals surface area contributed by atoms with Gasteiger partial charge in [0.1, 0.15) is 23.8 Å². The summed E-state index contributed by atoms with van der Waals surface area (Å²) in [4.78, 5) is 34.4. The van der Waals surface area contributed by atoms with Gasteiger partial charge in [0.15, 0.2) is 17.0 Å². The topological polar surface area (TPSA) is 166 Å². The minimum atomic E-state index is -5.33. The number of ether oxygens (including phenoxy) is 1. The molecule has 1 saturated heterocycles. The molecule has 2 aromatic heterocycles. The van der Waals surface area contributed by atoms with E-state index in [4.69, 9.17) is 4.74 Å². The second-order valence-corrected chi connectivity index (χ2v) is 10.6. The molecule has 0 spiro atoms. The summed E-state index contributed by atoms with van der Waals surface area (Å²) in [6.07, 6.45) is -6.67. The molecule has 0 radical (unpaired) electrons. The van der Waals surface area contributed by atoms with Crippen LogP contribution in [0.5, 0.6) is 0 Å². The fraction of sp³-hybridized carbons (Fsp3) is 0.706. The predicted molar refractivity (Wildman–Crippen MR) is 113 cm³/mol. The Morgan fingerprint density at radius 1 is 1.26 bits per heavy atom. The summed E-state index contributed by atoms with van der Waals surface area (Å²) >= 11 is 2.44. The van der Waals surface area contributed by atoms with Crippen LogP contribution in [-0.4, -0.2) is 78.6 Å². The number of fused-ring (bicyclic) bond motifs is 1. The summed E-state index contributed by atoms with van der Waals surface area (Å²) in [5, 5.41) is 20.8. The number of hydrogen-bond donors (Lipinski definition) is 2. The summed E-state index contributed by atoms with van der Waals surface area (Å²) in [5.41, 5.74) is 1.04. The molecule has 1 aliphatic rings. The van der Waals surface area contributed by atoms with Gasteiger partial charge in [0.05, 0.1) is 32.9 Å². The van der Waals surface area contributed by atoms with Crippen LogP contribution in [0.1, 0.15) is 24.8 Å². The number of alkyl halides is 3.